The normalized spacial score (nSPS) is 25.1. The molecule has 106 valence electrons. The monoisotopic (exact) mass is 261 g/mol. The maximum atomic E-state index is 10.5. The molecular weight excluding hydrogens is 234 g/mol. The molecule has 1 fully saturated rings. The van der Waals surface area contributed by atoms with Gasteiger partial charge in [0.15, 0.2) is 0 Å². The van der Waals surface area contributed by atoms with E-state index < -0.39 is 0 Å². The summed E-state index contributed by atoms with van der Waals surface area (Å²) in [5.74, 6) is 1.34. The average Bonchev–Trinajstić information content (AvgIpc) is 2.46. The van der Waals surface area contributed by atoms with Gasteiger partial charge in [0, 0.05) is 19.8 Å². The van der Waals surface area contributed by atoms with Gasteiger partial charge in [-0.3, -0.25) is 0 Å². The molecule has 2 nitrogen and oxygen atoms in total. The first kappa shape index (κ1) is 14.4. The van der Waals surface area contributed by atoms with E-state index in [0.29, 0.717) is 5.92 Å². The highest BCUT2D eigenvalue weighted by Gasteiger charge is 2.26. The molecule has 0 radical (unpaired) electrons. The van der Waals surface area contributed by atoms with Gasteiger partial charge in [-0.1, -0.05) is 38.3 Å². The highest BCUT2D eigenvalue weighted by atomic mass is 16.3. The molecule has 1 aromatic carbocycles. The van der Waals surface area contributed by atoms with Gasteiger partial charge in [0.2, 0.25) is 0 Å². The Kier molecular flexibility index (Phi) is 4.87. The van der Waals surface area contributed by atoms with Gasteiger partial charge in [0.05, 0.1) is 6.10 Å². The van der Waals surface area contributed by atoms with Crippen LogP contribution >= 0.6 is 0 Å². The van der Waals surface area contributed by atoms with Crippen molar-refractivity contribution in [2.45, 2.75) is 45.1 Å². The van der Waals surface area contributed by atoms with Crippen LogP contribution < -0.4 is 4.90 Å². The second-order valence-electron chi connectivity index (χ2n) is 6.12. The third-order valence-corrected chi connectivity index (χ3v) is 4.67. The zero-order valence-corrected chi connectivity index (χ0v) is 12.5. The number of anilines is 1. The largest absolute Gasteiger partial charge is 0.388 e. The first-order valence-corrected chi connectivity index (χ1v) is 7.57. The van der Waals surface area contributed by atoms with E-state index in [0.717, 1.165) is 11.5 Å². The fourth-order valence-corrected chi connectivity index (χ4v) is 3.15. The molecule has 1 aliphatic rings. The molecular formula is C17H27NO. The number of rotatable bonds is 4. The van der Waals surface area contributed by atoms with Gasteiger partial charge < -0.3 is 10.0 Å². The number of hydrogen-bond acceptors (Lipinski definition) is 2. The van der Waals surface area contributed by atoms with Crippen LogP contribution in [0.3, 0.4) is 0 Å². The Morgan fingerprint density at radius 2 is 1.68 bits per heavy atom. The lowest BCUT2D eigenvalue weighted by Crippen LogP contribution is -2.20. The summed E-state index contributed by atoms with van der Waals surface area (Å²) in [6.07, 6.45) is 5.93. The van der Waals surface area contributed by atoms with Crippen molar-refractivity contribution in [3.63, 3.8) is 0 Å². The van der Waals surface area contributed by atoms with Crippen molar-refractivity contribution in [1.82, 2.24) is 0 Å². The fourth-order valence-electron chi connectivity index (χ4n) is 3.15. The van der Waals surface area contributed by atoms with Crippen LogP contribution in [0.5, 0.6) is 0 Å². The van der Waals surface area contributed by atoms with Crippen LogP contribution in [-0.4, -0.2) is 19.2 Å². The minimum absolute atomic E-state index is 0.283. The molecule has 1 unspecified atom stereocenters. The van der Waals surface area contributed by atoms with Crippen molar-refractivity contribution in [2.75, 3.05) is 19.0 Å². The van der Waals surface area contributed by atoms with Gasteiger partial charge in [0.25, 0.3) is 0 Å². The minimum atomic E-state index is -0.283. The molecule has 0 saturated heterocycles. The SMILES string of the molecule is CCC1CCC(C(O)c2ccc(N(C)C)cc2)CC1. The fraction of sp³-hybridized carbons (Fsp3) is 0.647. The second kappa shape index (κ2) is 6.42. The Balaban J connectivity index is 1.97. The Morgan fingerprint density at radius 1 is 1.11 bits per heavy atom. The molecule has 19 heavy (non-hydrogen) atoms. The van der Waals surface area contributed by atoms with Crippen LogP contribution in [0.15, 0.2) is 24.3 Å². The predicted octanol–water partition coefficient (Wildman–Crippen LogP) is 4.00. The molecule has 2 rings (SSSR count). The van der Waals surface area contributed by atoms with Crippen LogP contribution in [-0.2, 0) is 0 Å². The van der Waals surface area contributed by atoms with Gasteiger partial charge in [-0.2, -0.15) is 0 Å². The van der Waals surface area contributed by atoms with Gasteiger partial charge in [-0.15, -0.1) is 0 Å². The van der Waals surface area contributed by atoms with Crippen molar-refractivity contribution in [2.24, 2.45) is 11.8 Å². The number of nitrogens with zero attached hydrogens (tertiary/aromatic N) is 1. The third kappa shape index (κ3) is 3.50. The molecule has 1 atom stereocenters. The number of aliphatic hydroxyl groups is 1. The zero-order chi connectivity index (χ0) is 13.8. The lowest BCUT2D eigenvalue weighted by atomic mass is 9.77. The molecule has 0 bridgehead atoms. The molecule has 0 spiro atoms. The van der Waals surface area contributed by atoms with Crippen LogP contribution in [0, 0.1) is 11.8 Å². The summed E-state index contributed by atoms with van der Waals surface area (Å²) in [4.78, 5) is 2.09. The lowest BCUT2D eigenvalue weighted by molar-refractivity contribution is 0.0729. The predicted molar refractivity (Wildman–Crippen MR) is 81.5 cm³/mol. The first-order valence-electron chi connectivity index (χ1n) is 7.57. The lowest BCUT2D eigenvalue weighted by Gasteiger charge is -2.31. The standard InChI is InChI=1S/C17H27NO/c1-4-13-5-7-14(8-6-13)17(19)15-9-11-16(12-10-15)18(2)3/h9-14,17,19H,4-8H2,1-3H3. The summed E-state index contributed by atoms with van der Waals surface area (Å²) in [6, 6.07) is 8.34. The van der Waals surface area contributed by atoms with Crippen LogP contribution in [0.4, 0.5) is 5.69 Å². The van der Waals surface area contributed by atoms with Crippen LogP contribution in [0.25, 0.3) is 0 Å². The average molecular weight is 261 g/mol. The second-order valence-corrected chi connectivity index (χ2v) is 6.12. The minimum Gasteiger partial charge on any atom is -0.388 e. The molecule has 0 aromatic heterocycles. The molecule has 1 N–H and O–H groups in total. The summed E-state index contributed by atoms with van der Waals surface area (Å²) >= 11 is 0. The van der Waals surface area contributed by atoms with Crippen molar-refractivity contribution in [1.29, 1.82) is 0 Å². The van der Waals surface area contributed by atoms with Crippen LogP contribution in [0.2, 0.25) is 0 Å². The number of hydrogen-bond donors (Lipinski definition) is 1. The van der Waals surface area contributed by atoms with E-state index >= 15 is 0 Å². The topological polar surface area (TPSA) is 23.5 Å². The number of aliphatic hydroxyl groups excluding tert-OH is 1. The summed E-state index contributed by atoms with van der Waals surface area (Å²) in [5.41, 5.74) is 2.26. The Morgan fingerprint density at radius 3 is 2.16 bits per heavy atom. The zero-order valence-electron chi connectivity index (χ0n) is 12.5. The molecule has 0 amide bonds. The summed E-state index contributed by atoms with van der Waals surface area (Å²) < 4.78 is 0. The molecule has 1 saturated carbocycles. The molecule has 0 aliphatic heterocycles. The van der Waals surface area contributed by atoms with Gasteiger partial charge in [-0.25, -0.2) is 0 Å². The van der Waals surface area contributed by atoms with E-state index in [1.807, 2.05) is 14.1 Å². The quantitative estimate of drug-likeness (QED) is 0.885. The van der Waals surface area contributed by atoms with E-state index in [-0.39, 0.29) is 6.10 Å². The molecule has 1 aromatic rings. The van der Waals surface area contributed by atoms with E-state index in [9.17, 15) is 5.11 Å². The summed E-state index contributed by atoms with van der Waals surface area (Å²) in [5, 5.41) is 10.5. The van der Waals surface area contributed by atoms with Gasteiger partial charge in [0.1, 0.15) is 0 Å². The van der Waals surface area contributed by atoms with Crippen molar-refractivity contribution in [3.8, 4) is 0 Å². The maximum Gasteiger partial charge on any atom is 0.0818 e. The Labute approximate surface area is 117 Å². The Hall–Kier alpha value is -1.02. The van der Waals surface area contributed by atoms with E-state index in [4.69, 9.17) is 0 Å². The van der Waals surface area contributed by atoms with Crippen LogP contribution in [0.1, 0.15) is 50.7 Å². The molecule has 0 heterocycles. The van der Waals surface area contributed by atoms with Gasteiger partial charge >= 0.3 is 0 Å². The number of benzene rings is 1. The summed E-state index contributed by atoms with van der Waals surface area (Å²) in [6.45, 7) is 2.28. The highest BCUT2D eigenvalue weighted by Crippen LogP contribution is 2.38. The maximum absolute atomic E-state index is 10.5. The van der Waals surface area contributed by atoms with Crippen molar-refractivity contribution in [3.05, 3.63) is 29.8 Å². The smallest absolute Gasteiger partial charge is 0.0818 e. The first-order chi connectivity index (χ1) is 9.11. The summed E-state index contributed by atoms with van der Waals surface area (Å²) in [7, 11) is 4.08. The van der Waals surface area contributed by atoms with Crippen molar-refractivity contribution < 1.29 is 5.11 Å². The highest BCUT2D eigenvalue weighted by molar-refractivity contribution is 5.46. The van der Waals surface area contributed by atoms with Gasteiger partial charge in [-0.05, 0) is 42.4 Å². The van der Waals surface area contributed by atoms with E-state index in [1.165, 1.54) is 37.8 Å². The van der Waals surface area contributed by atoms with Crippen molar-refractivity contribution >= 4 is 5.69 Å². The van der Waals surface area contributed by atoms with E-state index in [1.54, 1.807) is 0 Å². The van der Waals surface area contributed by atoms with E-state index in [2.05, 4.69) is 36.1 Å². The molecule has 2 heteroatoms. The third-order valence-electron chi connectivity index (χ3n) is 4.67. The Bertz CT molecular complexity index is 377. The molecule has 1 aliphatic carbocycles.